The number of ether oxygens (including phenoxy) is 1. The predicted octanol–water partition coefficient (Wildman–Crippen LogP) is 3.87. The number of pyridine rings is 1. The molecule has 22 heavy (non-hydrogen) atoms. The summed E-state index contributed by atoms with van der Waals surface area (Å²) in [5, 5.41) is 14.6. The zero-order valence-electron chi connectivity index (χ0n) is 12.6. The second kappa shape index (κ2) is 5.93. The van der Waals surface area contributed by atoms with Crippen molar-refractivity contribution < 1.29 is 9.84 Å². The number of aromatic nitrogens is 1. The fourth-order valence-corrected chi connectivity index (χ4v) is 2.52. The van der Waals surface area contributed by atoms with Gasteiger partial charge in [0.15, 0.2) is 11.5 Å². The van der Waals surface area contributed by atoms with Gasteiger partial charge in [0.2, 0.25) is 0 Å². The van der Waals surface area contributed by atoms with Gasteiger partial charge in [0.05, 0.1) is 12.6 Å². The molecule has 0 saturated heterocycles. The number of aryl methyl sites for hydroxylation is 1. The molecular formula is C18H18N2O2. The van der Waals surface area contributed by atoms with Crippen LogP contribution in [0.5, 0.6) is 11.5 Å². The maximum absolute atomic E-state index is 10.2. The number of benzene rings is 2. The number of nitrogens with one attached hydrogen (secondary N) is 1. The summed E-state index contributed by atoms with van der Waals surface area (Å²) in [5.41, 5.74) is 3.71. The van der Waals surface area contributed by atoms with Gasteiger partial charge in [-0.1, -0.05) is 30.3 Å². The van der Waals surface area contributed by atoms with Crippen molar-refractivity contribution >= 4 is 16.6 Å². The third kappa shape index (κ3) is 2.68. The second-order valence-electron chi connectivity index (χ2n) is 5.15. The average Bonchev–Trinajstić information content (AvgIpc) is 2.53. The van der Waals surface area contributed by atoms with Crippen molar-refractivity contribution in [3.05, 3.63) is 59.8 Å². The summed E-state index contributed by atoms with van der Waals surface area (Å²) in [6, 6.07) is 15.5. The van der Waals surface area contributed by atoms with E-state index in [0.29, 0.717) is 12.3 Å². The highest BCUT2D eigenvalue weighted by atomic mass is 16.5. The molecule has 0 aliphatic heterocycles. The molecule has 112 valence electrons. The van der Waals surface area contributed by atoms with Crippen LogP contribution in [-0.4, -0.2) is 17.2 Å². The minimum atomic E-state index is 0.174. The van der Waals surface area contributed by atoms with Gasteiger partial charge in [0.25, 0.3) is 0 Å². The Bertz CT molecular complexity index is 815. The van der Waals surface area contributed by atoms with E-state index in [9.17, 15) is 5.11 Å². The molecule has 0 bridgehead atoms. The third-order valence-electron chi connectivity index (χ3n) is 3.62. The summed E-state index contributed by atoms with van der Waals surface area (Å²) in [4.78, 5) is 4.53. The Morgan fingerprint density at radius 2 is 1.95 bits per heavy atom. The lowest BCUT2D eigenvalue weighted by molar-refractivity contribution is 0.371. The monoisotopic (exact) mass is 294 g/mol. The molecule has 1 aromatic heterocycles. The number of anilines is 1. The van der Waals surface area contributed by atoms with Crippen LogP contribution in [0, 0.1) is 6.92 Å². The molecular weight excluding hydrogens is 276 g/mol. The second-order valence-corrected chi connectivity index (χ2v) is 5.15. The number of phenols is 1. The Balaban J connectivity index is 1.91. The van der Waals surface area contributed by atoms with Gasteiger partial charge in [-0.3, -0.25) is 4.98 Å². The van der Waals surface area contributed by atoms with Gasteiger partial charge in [0, 0.05) is 28.9 Å². The molecule has 0 aliphatic rings. The smallest absolute Gasteiger partial charge is 0.162 e. The van der Waals surface area contributed by atoms with Crippen molar-refractivity contribution in [2.24, 2.45) is 0 Å². The number of aromatic hydroxyl groups is 1. The van der Waals surface area contributed by atoms with Crippen molar-refractivity contribution in [1.29, 1.82) is 0 Å². The topological polar surface area (TPSA) is 54.4 Å². The first-order chi connectivity index (χ1) is 10.7. The molecule has 0 unspecified atom stereocenters. The normalized spacial score (nSPS) is 10.6. The zero-order chi connectivity index (χ0) is 15.5. The van der Waals surface area contributed by atoms with Crippen LogP contribution in [0.1, 0.15) is 11.3 Å². The summed E-state index contributed by atoms with van der Waals surface area (Å²) < 4.78 is 5.14. The van der Waals surface area contributed by atoms with Crippen molar-refractivity contribution in [2.45, 2.75) is 13.5 Å². The number of methoxy groups -OCH3 is 1. The molecule has 4 heteroatoms. The minimum absolute atomic E-state index is 0.174. The predicted molar refractivity (Wildman–Crippen MR) is 88.5 cm³/mol. The fourth-order valence-electron chi connectivity index (χ4n) is 2.52. The summed E-state index contributed by atoms with van der Waals surface area (Å²) in [5.74, 6) is 0.655. The molecule has 1 heterocycles. The number of fused-ring (bicyclic) bond motifs is 1. The summed E-state index contributed by atoms with van der Waals surface area (Å²) in [6.45, 7) is 2.48. The highest BCUT2D eigenvalue weighted by Crippen LogP contribution is 2.30. The van der Waals surface area contributed by atoms with E-state index in [4.69, 9.17) is 4.74 Å². The van der Waals surface area contributed by atoms with Crippen molar-refractivity contribution in [2.75, 3.05) is 12.4 Å². The summed E-state index contributed by atoms with van der Waals surface area (Å²) in [6.07, 6.45) is 0. The first-order valence-electron chi connectivity index (χ1n) is 7.14. The maximum Gasteiger partial charge on any atom is 0.162 e. The lowest BCUT2D eigenvalue weighted by Crippen LogP contribution is -2.02. The van der Waals surface area contributed by atoms with Crippen LogP contribution in [0.3, 0.4) is 0 Å². The largest absolute Gasteiger partial charge is 0.504 e. The summed E-state index contributed by atoms with van der Waals surface area (Å²) in [7, 11) is 1.55. The van der Waals surface area contributed by atoms with Gasteiger partial charge in [-0.25, -0.2) is 0 Å². The molecule has 0 fully saturated rings. The van der Waals surface area contributed by atoms with Crippen LogP contribution in [0.25, 0.3) is 10.9 Å². The van der Waals surface area contributed by atoms with Crippen LogP contribution in [0.15, 0.2) is 48.5 Å². The van der Waals surface area contributed by atoms with Gasteiger partial charge >= 0.3 is 0 Å². The van der Waals surface area contributed by atoms with Gasteiger partial charge in [-0.15, -0.1) is 0 Å². The molecule has 4 nitrogen and oxygen atoms in total. The third-order valence-corrected chi connectivity index (χ3v) is 3.62. The Labute approximate surface area is 129 Å². The molecule has 2 N–H and O–H groups in total. The number of hydrogen-bond acceptors (Lipinski definition) is 4. The minimum Gasteiger partial charge on any atom is -0.504 e. The van der Waals surface area contributed by atoms with E-state index in [1.165, 1.54) is 0 Å². The number of nitrogens with zero attached hydrogens (tertiary/aromatic N) is 1. The Kier molecular flexibility index (Phi) is 3.83. The van der Waals surface area contributed by atoms with Crippen LogP contribution in [0.4, 0.5) is 5.69 Å². The van der Waals surface area contributed by atoms with Crippen LogP contribution >= 0.6 is 0 Å². The van der Waals surface area contributed by atoms with Crippen LogP contribution < -0.4 is 10.1 Å². The Morgan fingerprint density at radius 3 is 2.77 bits per heavy atom. The number of hydrogen-bond donors (Lipinski definition) is 2. The van der Waals surface area contributed by atoms with E-state index in [2.05, 4.69) is 10.3 Å². The van der Waals surface area contributed by atoms with Gasteiger partial charge in [-0.2, -0.15) is 0 Å². The van der Waals surface area contributed by atoms with Crippen molar-refractivity contribution in [3.63, 3.8) is 0 Å². The van der Waals surface area contributed by atoms with Crippen molar-refractivity contribution in [1.82, 2.24) is 4.98 Å². The van der Waals surface area contributed by atoms with E-state index in [1.807, 2.05) is 49.4 Å². The standard InChI is InChI=1S/C18H18N2O2/c1-12-10-16(14-7-3-4-8-15(14)20-12)19-11-13-6-5-9-17(22-2)18(13)21/h3-10,21H,11H2,1-2H3,(H,19,20). The first-order valence-corrected chi connectivity index (χ1v) is 7.14. The molecule has 3 rings (SSSR count). The van der Waals surface area contributed by atoms with Crippen LogP contribution in [0.2, 0.25) is 0 Å². The molecule has 3 aromatic rings. The summed E-state index contributed by atoms with van der Waals surface area (Å²) >= 11 is 0. The number of phenolic OH excluding ortho intramolecular Hbond substituents is 1. The van der Waals surface area contributed by atoms with Crippen molar-refractivity contribution in [3.8, 4) is 11.5 Å². The fraction of sp³-hybridized carbons (Fsp3) is 0.167. The highest BCUT2D eigenvalue weighted by molar-refractivity contribution is 5.91. The molecule has 0 amide bonds. The average molecular weight is 294 g/mol. The maximum atomic E-state index is 10.2. The van der Waals surface area contributed by atoms with E-state index in [0.717, 1.165) is 27.8 Å². The Hall–Kier alpha value is -2.75. The number of rotatable bonds is 4. The molecule has 2 aromatic carbocycles. The molecule has 0 spiro atoms. The molecule has 0 atom stereocenters. The Morgan fingerprint density at radius 1 is 1.14 bits per heavy atom. The van der Waals surface area contributed by atoms with Gasteiger partial charge in [0.1, 0.15) is 0 Å². The van der Waals surface area contributed by atoms with E-state index < -0.39 is 0 Å². The molecule has 0 aliphatic carbocycles. The lowest BCUT2D eigenvalue weighted by atomic mass is 10.1. The van der Waals surface area contributed by atoms with Crippen LogP contribution in [-0.2, 0) is 6.54 Å². The molecule has 0 radical (unpaired) electrons. The van der Waals surface area contributed by atoms with Gasteiger partial charge < -0.3 is 15.2 Å². The SMILES string of the molecule is COc1cccc(CNc2cc(C)nc3ccccc23)c1O. The molecule has 0 saturated carbocycles. The first kappa shape index (κ1) is 14.2. The zero-order valence-corrected chi connectivity index (χ0v) is 12.6. The highest BCUT2D eigenvalue weighted by Gasteiger charge is 2.08. The van der Waals surface area contributed by atoms with Gasteiger partial charge in [-0.05, 0) is 25.1 Å². The quantitative estimate of drug-likeness (QED) is 0.767. The van der Waals surface area contributed by atoms with E-state index >= 15 is 0 Å². The van der Waals surface area contributed by atoms with E-state index in [1.54, 1.807) is 13.2 Å². The lowest BCUT2D eigenvalue weighted by Gasteiger charge is -2.13. The number of para-hydroxylation sites is 2. The van der Waals surface area contributed by atoms with E-state index in [-0.39, 0.29) is 5.75 Å².